The zero-order valence-corrected chi connectivity index (χ0v) is 34.6. The number of furan rings is 1. The third-order valence-electron chi connectivity index (χ3n) is 14.1. The zero-order chi connectivity index (χ0) is 41.0. The molecule has 1 saturated carbocycles. The number of rotatable bonds is 5. The van der Waals surface area contributed by atoms with Gasteiger partial charge in [-0.05, 0) is 117 Å². The Kier molecular flexibility index (Phi) is 7.88. The summed E-state index contributed by atoms with van der Waals surface area (Å²) in [6, 6.07) is 54.5. The molecule has 1 spiro atoms. The Bertz CT molecular complexity index is 3150. The molecular formula is C56H45N3O. The maximum atomic E-state index is 11.3. The first-order valence-corrected chi connectivity index (χ1v) is 21.3. The van der Waals surface area contributed by atoms with Gasteiger partial charge >= 0.3 is 0 Å². The Morgan fingerprint density at radius 2 is 1.23 bits per heavy atom. The molecule has 7 aromatic carbocycles. The van der Waals surface area contributed by atoms with Crippen molar-refractivity contribution in [3.05, 3.63) is 173 Å². The number of hydrogen-bond acceptors (Lipinski definition) is 4. The number of fused-ring (bicyclic) bond motifs is 9. The SMILES string of the molecule is CC1(C)CC(C)(C)c2cc3c(cc21)-c1c(cc(C#N)c(C#N)c1N(c1ccc(-c2cccc4c2oc2ccccc24)cc1)c1cccc(-c2ccccc2)c1)C31CCCC1. The molecule has 3 aliphatic carbocycles. The molecule has 11 rings (SSSR count). The number of hydrogen-bond donors (Lipinski definition) is 0. The Labute approximate surface area is 352 Å². The van der Waals surface area contributed by atoms with E-state index >= 15 is 0 Å². The van der Waals surface area contributed by atoms with E-state index in [0.717, 1.165) is 98.9 Å². The van der Waals surface area contributed by atoms with E-state index in [2.05, 4.69) is 166 Å². The average Bonchev–Trinajstić information content (AvgIpc) is 4.02. The van der Waals surface area contributed by atoms with Gasteiger partial charge in [-0.3, -0.25) is 0 Å². The standard InChI is InChI=1S/C56H45N3O/c1-54(2)34-55(3,4)48-31-46-44(30-47(48)54)51-49(56(46)26-10-11-27-56)29-38(32-57)45(33-58)52(51)59(40-17-12-16-37(28-40)35-14-6-5-7-15-35)39-24-22-36(23-25-39)41-19-13-20-43-42-18-8-9-21-50(42)60-53(41)43/h5-9,12-25,28-31H,10-11,26-27,34H2,1-4H3. The maximum absolute atomic E-state index is 11.3. The van der Waals surface area contributed by atoms with Crippen LogP contribution in [0.1, 0.15) is 93.2 Å². The van der Waals surface area contributed by atoms with E-state index in [-0.39, 0.29) is 16.2 Å². The van der Waals surface area contributed by atoms with Gasteiger partial charge in [-0.2, -0.15) is 10.5 Å². The Morgan fingerprint density at radius 1 is 0.550 bits per heavy atom. The molecule has 60 heavy (non-hydrogen) atoms. The highest BCUT2D eigenvalue weighted by atomic mass is 16.3. The number of benzene rings is 7. The highest BCUT2D eigenvalue weighted by Crippen LogP contribution is 2.64. The molecule has 0 atom stereocenters. The Hall–Kier alpha value is -6.88. The van der Waals surface area contributed by atoms with Crippen LogP contribution in [0.15, 0.2) is 144 Å². The Morgan fingerprint density at radius 3 is 1.98 bits per heavy atom. The summed E-state index contributed by atoms with van der Waals surface area (Å²) < 4.78 is 6.48. The van der Waals surface area contributed by atoms with Gasteiger partial charge in [0, 0.05) is 38.7 Å². The van der Waals surface area contributed by atoms with Crippen LogP contribution in [0.2, 0.25) is 0 Å². The Balaban J connectivity index is 1.19. The average molecular weight is 776 g/mol. The van der Waals surface area contributed by atoms with Gasteiger partial charge in [-0.1, -0.05) is 138 Å². The van der Waals surface area contributed by atoms with E-state index in [1.165, 1.54) is 27.8 Å². The summed E-state index contributed by atoms with van der Waals surface area (Å²) in [5, 5.41) is 24.4. The molecule has 0 unspecified atom stereocenters. The monoisotopic (exact) mass is 775 g/mol. The van der Waals surface area contributed by atoms with Crippen LogP contribution >= 0.6 is 0 Å². The first-order chi connectivity index (χ1) is 29.1. The van der Waals surface area contributed by atoms with Gasteiger partial charge < -0.3 is 9.32 Å². The van der Waals surface area contributed by atoms with Crippen molar-refractivity contribution in [3.63, 3.8) is 0 Å². The van der Waals surface area contributed by atoms with Gasteiger partial charge in [0.15, 0.2) is 0 Å². The number of nitrogens with zero attached hydrogens (tertiary/aromatic N) is 3. The number of nitriles is 2. The lowest BCUT2D eigenvalue weighted by atomic mass is 9.74. The molecular weight excluding hydrogens is 731 g/mol. The summed E-state index contributed by atoms with van der Waals surface area (Å²) >= 11 is 0. The molecule has 290 valence electrons. The summed E-state index contributed by atoms with van der Waals surface area (Å²) in [6.07, 6.45) is 5.39. The van der Waals surface area contributed by atoms with E-state index in [4.69, 9.17) is 4.42 Å². The molecule has 4 nitrogen and oxygen atoms in total. The molecule has 1 aromatic heterocycles. The molecule has 1 fully saturated rings. The lowest BCUT2D eigenvalue weighted by Gasteiger charge is -2.31. The van der Waals surface area contributed by atoms with E-state index in [9.17, 15) is 10.5 Å². The largest absolute Gasteiger partial charge is 0.455 e. The quantitative estimate of drug-likeness (QED) is 0.175. The molecule has 0 saturated heterocycles. The zero-order valence-electron chi connectivity index (χ0n) is 34.6. The number of anilines is 3. The smallest absolute Gasteiger partial charge is 0.143 e. The maximum Gasteiger partial charge on any atom is 0.143 e. The van der Waals surface area contributed by atoms with Gasteiger partial charge in [0.25, 0.3) is 0 Å². The van der Waals surface area contributed by atoms with Crippen LogP contribution in [0.25, 0.3) is 55.3 Å². The summed E-state index contributed by atoms with van der Waals surface area (Å²) in [5.74, 6) is 0. The third-order valence-corrected chi connectivity index (χ3v) is 14.1. The molecule has 0 N–H and O–H groups in total. The van der Waals surface area contributed by atoms with E-state index in [0.29, 0.717) is 11.1 Å². The van der Waals surface area contributed by atoms with Crippen molar-refractivity contribution in [2.24, 2.45) is 0 Å². The van der Waals surface area contributed by atoms with E-state index < -0.39 is 0 Å². The minimum atomic E-state index is -0.219. The fourth-order valence-corrected chi connectivity index (χ4v) is 11.7. The first-order valence-electron chi connectivity index (χ1n) is 21.3. The van der Waals surface area contributed by atoms with Crippen LogP contribution in [0.5, 0.6) is 0 Å². The van der Waals surface area contributed by atoms with Crippen molar-refractivity contribution in [3.8, 4) is 45.5 Å². The molecule has 4 heteroatoms. The topological polar surface area (TPSA) is 64.0 Å². The van der Waals surface area contributed by atoms with Gasteiger partial charge in [0.1, 0.15) is 23.3 Å². The predicted octanol–water partition coefficient (Wildman–Crippen LogP) is 14.9. The fraction of sp³-hybridized carbons (Fsp3) is 0.214. The van der Waals surface area contributed by atoms with Gasteiger partial charge in [-0.15, -0.1) is 0 Å². The van der Waals surface area contributed by atoms with Gasteiger partial charge in [0.2, 0.25) is 0 Å². The summed E-state index contributed by atoms with van der Waals surface area (Å²) in [7, 11) is 0. The molecule has 0 amide bonds. The van der Waals surface area contributed by atoms with Crippen LogP contribution in [0.4, 0.5) is 17.1 Å². The number of para-hydroxylation sites is 2. The molecule has 8 aromatic rings. The van der Waals surface area contributed by atoms with Crippen molar-refractivity contribution in [1.82, 2.24) is 0 Å². The second-order valence-electron chi connectivity index (χ2n) is 18.6. The van der Waals surface area contributed by atoms with Gasteiger partial charge in [0.05, 0.1) is 16.8 Å². The molecule has 0 radical (unpaired) electrons. The second-order valence-corrected chi connectivity index (χ2v) is 18.6. The summed E-state index contributed by atoms with van der Waals surface area (Å²) in [5.41, 5.74) is 16.9. The van der Waals surface area contributed by atoms with Crippen molar-refractivity contribution in [2.45, 2.75) is 76.0 Å². The summed E-state index contributed by atoms with van der Waals surface area (Å²) in [6.45, 7) is 9.54. The van der Waals surface area contributed by atoms with E-state index in [1.54, 1.807) is 0 Å². The molecule has 0 bridgehead atoms. The fourth-order valence-electron chi connectivity index (χ4n) is 11.7. The predicted molar refractivity (Wildman–Crippen MR) is 244 cm³/mol. The lowest BCUT2D eigenvalue weighted by Crippen LogP contribution is -2.22. The minimum Gasteiger partial charge on any atom is -0.455 e. The molecule has 3 aliphatic rings. The van der Waals surface area contributed by atoms with Crippen LogP contribution in [0, 0.1) is 22.7 Å². The van der Waals surface area contributed by atoms with Gasteiger partial charge in [-0.25, -0.2) is 0 Å². The first kappa shape index (κ1) is 36.2. The van der Waals surface area contributed by atoms with Crippen molar-refractivity contribution < 1.29 is 4.42 Å². The van der Waals surface area contributed by atoms with Crippen LogP contribution in [-0.4, -0.2) is 0 Å². The van der Waals surface area contributed by atoms with Crippen molar-refractivity contribution >= 4 is 39.0 Å². The summed E-state index contributed by atoms with van der Waals surface area (Å²) in [4.78, 5) is 2.26. The van der Waals surface area contributed by atoms with Crippen molar-refractivity contribution in [1.29, 1.82) is 10.5 Å². The normalized spacial score (nSPS) is 16.4. The molecule has 1 heterocycles. The minimum absolute atomic E-state index is 0.00744. The van der Waals surface area contributed by atoms with E-state index in [1.807, 2.05) is 18.2 Å². The highest BCUT2D eigenvalue weighted by molar-refractivity contribution is 6.09. The second kappa shape index (κ2) is 13.1. The van der Waals surface area contributed by atoms with Crippen LogP contribution in [-0.2, 0) is 16.2 Å². The highest BCUT2D eigenvalue weighted by Gasteiger charge is 2.51. The molecule has 0 aliphatic heterocycles. The lowest BCUT2D eigenvalue weighted by molar-refractivity contribution is 0.403. The van der Waals surface area contributed by atoms with Crippen molar-refractivity contribution in [2.75, 3.05) is 4.90 Å². The van der Waals surface area contributed by atoms with Crippen LogP contribution < -0.4 is 4.90 Å². The third kappa shape index (κ3) is 5.20. The van der Waals surface area contributed by atoms with Crippen LogP contribution in [0.3, 0.4) is 0 Å².